The summed E-state index contributed by atoms with van der Waals surface area (Å²) >= 11 is 0. The van der Waals surface area contributed by atoms with Gasteiger partial charge in [0, 0.05) is 19.6 Å². The van der Waals surface area contributed by atoms with E-state index in [1.165, 1.54) is 5.56 Å². The average molecular weight is 266 g/mol. The quantitative estimate of drug-likeness (QED) is 0.771. The van der Waals surface area contributed by atoms with Crippen LogP contribution in [0.15, 0.2) is 54.6 Å². The molecule has 1 N–H and O–H groups in total. The summed E-state index contributed by atoms with van der Waals surface area (Å²) in [5.41, 5.74) is 3.43. The van der Waals surface area contributed by atoms with E-state index in [4.69, 9.17) is 10.1 Å². The van der Waals surface area contributed by atoms with Gasteiger partial charge in [-0.3, -0.25) is 0 Å². The van der Waals surface area contributed by atoms with Crippen molar-refractivity contribution in [1.82, 2.24) is 9.55 Å². The average Bonchev–Trinajstić information content (AvgIpc) is 2.83. The lowest BCUT2D eigenvalue weighted by Gasteiger charge is -2.08. The second kappa shape index (κ2) is 5.88. The van der Waals surface area contributed by atoms with Gasteiger partial charge in [0.05, 0.1) is 11.0 Å². The Balaban J connectivity index is 2.00. The summed E-state index contributed by atoms with van der Waals surface area (Å²) in [6.45, 7) is 1.01. The Morgan fingerprint density at radius 1 is 0.950 bits per heavy atom. The fraction of sp³-hybridized carbons (Fsp3) is 0.235. The molecule has 102 valence electrons. The first-order valence-corrected chi connectivity index (χ1v) is 6.97. The van der Waals surface area contributed by atoms with Gasteiger partial charge in [-0.25, -0.2) is 4.98 Å². The van der Waals surface area contributed by atoms with Crippen LogP contribution in [0.1, 0.15) is 17.8 Å². The Hall–Kier alpha value is -2.13. The molecule has 20 heavy (non-hydrogen) atoms. The zero-order valence-electron chi connectivity index (χ0n) is 11.4. The van der Waals surface area contributed by atoms with Crippen LogP contribution in [0.5, 0.6) is 0 Å². The summed E-state index contributed by atoms with van der Waals surface area (Å²) in [6.07, 6.45) is 1.57. The van der Waals surface area contributed by atoms with Crippen LogP contribution < -0.4 is 0 Å². The molecular formula is C17H18N2O. The van der Waals surface area contributed by atoms with Gasteiger partial charge in [-0.05, 0) is 24.1 Å². The van der Waals surface area contributed by atoms with Gasteiger partial charge in [0.2, 0.25) is 0 Å². The lowest BCUT2D eigenvalue weighted by Crippen LogP contribution is -2.06. The Labute approximate surface area is 118 Å². The third-order valence-corrected chi connectivity index (χ3v) is 3.48. The van der Waals surface area contributed by atoms with Crippen molar-refractivity contribution in [3.63, 3.8) is 0 Å². The standard InChI is InChI=1S/C17H18N2O/c20-12-6-11-19-16-10-5-4-9-15(16)18-17(19)13-14-7-2-1-3-8-14/h1-5,7-10,20H,6,11-13H2. The minimum absolute atomic E-state index is 0.206. The fourth-order valence-corrected chi connectivity index (χ4v) is 2.52. The maximum atomic E-state index is 9.08. The predicted octanol–water partition coefficient (Wildman–Crippen LogP) is 3.01. The maximum absolute atomic E-state index is 9.08. The largest absolute Gasteiger partial charge is 0.396 e. The van der Waals surface area contributed by atoms with Crippen LogP contribution in [0.3, 0.4) is 0 Å². The molecule has 3 heteroatoms. The highest BCUT2D eigenvalue weighted by Crippen LogP contribution is 2.19. The first-order chi connectivity index (χ1) is 9.88. The number of para-hydroxylation sites is 2. The number of imidazole rings is 1. The number of fused-ring (bicyclic) bond motifs is 1. The summed E-state index contributed by atoms with van der Waals surface area (Å²) in [4.78, 5) is 4.74. The Morgan fingerprint density at radius 3 is 2.50 bits per heavy atom. The van der Waals surface area contributed by atoms with Gasteiger partial charge in [0.1, 0.15) is 5.82 Å². The molecule has 3 rings (SSSR count). The highest BCUT2D eigenvalue weighted by molar-refractivity contribution is 5.76. The van der Waals surface area contributed by atoms with Crippen molar-refractivity contribution in [2.75, 3.05) is 6.61 Å². The van der Waals surface area contributed by atoms with Crippen LogP contribution in [-0.4, -0.2) is 21.3 Å². The van der Waals surface area contributed by atoms with Crippen LogP contribution in [0, 0.1) is 0 Å². The van der Waals surface area contributed by atoms with E-state index in [0.29, 0.717) is 0 Å². The molecule has 0 fully saturated rings. The van der Waals surface area contributed by atoms with Gasteiger partial charge in [-0.2, -0.15) is 0 Å². The molecule has 0 aliphatic carbocycles. The second-order valence-corrected chi connectivity index (χ2v) is 4.91. The van der Waals surface area contributed by atoms with Crippen LogP contribution in [0.4, 0.5) is 0 Å². The number of aliphatic hydroxyl groups excluding tert-OH is 1. The lowest BCUT2D eigenvalue weighted by molar-refractivity contribution is 0.280. The number of hydrogen-bond acceptors (Lipinski definition) is 2. The molecule has 0 unspecified atom stereocenters. The fourth-order valence-electron chi connectivity index (χ4n) is 2.52. The summed E-state index contributed by atoms with van der Waals surface area (Å²) in [7, 11) is 0. The zero-order chi connectivity index (χ0) is 13.8. The maximum Gasteiger partial charge on any atom is 0.114 e. The zero-order valence-corrected chi connectivity index (χ0v) is 11.4. The summed E-state index contributed by atoms with van der Waals surface area (Å²) in [5.74, 6) is 1.06. The molecule has 0 radical (unpaired) electrons. The van der Waals surface area contributed by atoms with E-state index in [1.807, 2.05) is 24.3 Å². The number of aromatic nitrogens is 2. The smallest absolute Gasteiger partial charge is 0.114 e. The normalized spacial score (nSPS) is 11.1. The number of benzene rings is 2. The van der Waals surface area contributed by atoms with Crippen molar-refractivity contribution >= 4 is 11.0 Å². The SMILES string of the molecule is OCCCn1c(Cc2ccccc2)nc2ccccc21. The molecule has 0 aliphatic rings. The summed E-state index contributed by atoms with van der Waals surface area (Å²) in [5, 5.41) is 9.08. The molecule has 2 aromatic carbocycles. The first-order valence-electron chi connectivity index (χ1n) is 6.97. The monoisotopic (exact) mass is 266 g/mol. The minimum Gasteiger partial charge on any atom is -0.396 e. The van der Waals surface area contributed by atoms with Crippen LogP contribution >= 0.6 is 0 Å². The third kappa shape index (κ3) is 2.58. The van der Waals surface area contributed by atoms with E-state index in [0.717, 1.165) is 36.2 Å². The van der Waals surface area contributed by atoms with Gasteiger partial charge in [-0.15, -0.1) is 0 Å². The van der Waals surface area contributed by atoms with Gasteiger partial charge in [0.25, 0.3) is 0 Å². The molecule has 0 atom stereocenters. The van der Waals surface area contributed by atoms with Crippen molar-refractivity contribution in [3.05, 3.63) is 66.0 Å². The van der Waals surface area contributed by atoms with Gasteiger partial charge in [0.15, 0.2) is 0 Å². The van der Waals surface area contributed by atoms with Crippen molar-refractivity contribution in [3.8, 4) is 0 Å². The van der Waals surface area contributed by atoms with E-state index in [1.54, 1.807) is 0 Å². The van der Waals surface area contributed by atoms with E-state index in [2.05, 4.69) is 34.9 Å². The van der Waals surface area contributed by atoms with Crippen molar-refractivity contribution in [2.24, 2.45) is 0 Å². The number of nitrogens with zero attached hydrogens (tertiary/aromatic N) is 2. The molecule has 0 saturated carbocycles. The first kappa shape index (κ1) is 12.9. The lowest BCUT2D eigenvalue weighted by atomic mass is 10.1. The van der Waals surface area contributed by atoms with Crippen molar-refractivity contribution in [1.29, 1.82) is 0 Å². The second-order valence-electron chi connectivity index (χ2n) is 4.91. The van der Waals surface area contributed by atoms with E-state index >= 15 is 0 Å². The molecule has 1 aromatic heterocycles. The predicted molar refractivity (Wildman–Crippen MR) is 80.7 cm³/mol. The molecule has 0 saturated heterocycles. The molecule has 0 aliphatic heterocycles. The number of aryl methyl sites for hydroxylation is 1. The van der Waals surface area contributed by atoms with Crippen molar-refractivity contribution in [2.45, 2.75) is 19.4 Å². The molecule has 0 bridgehead atoms. The Morgan fingerprint density at radius 2 is 1.70 bits per heavy atom. The van der Waals surface area contributed by atoms with Crippen LogP contribution in [0.2, 0.25) is 0 Å². The van der Waals surface area contributed by atoms with Crippen LogP contribution in [-0.2, 0) is 13.0 Å². The van der Waals surface area contributed by atoms with E-state index in [-0.39, 0.29) is 6.61 Å². The Bertz CT molecular complexity index is 689. The number of aliphatic hydroxyl groups is 1. The Kier molecular flexibility index (Phi) is 3.79. The topological polar surface area (TPSA) is 38.0 Å². The van der Waals surface area contributed by atoms with E-state index in [9.17, 15) is 0 Å². The molecule has 1 heterocycles. The number of rotatable bonds is 5. The molecule has 0 spiro atoms. The van der Waals surface area contributed by atoms with Gasteiger partial charge < -0.3 is 9.67 Å². The highest BCUT2D eigenvalue weighted by atomic mass is 16.3. The molecular weight excluding hydrogens is 248 g/mol. The summed E-state index contributed by atoms with van der Waals surface area (Å²) in [6, 6.07) is 18.5. The van der Waals surface area contributed by atoms with E-state index < -0.39 is 0 Å². The van der Waals surface area contributed by atoms with Gasteiger partial charge >= 0.3 is 0 Å². The third-order valence-electron chi connectivity index (χ3n) is 3.48. The summed E-state index contributed by atoms with van der Waals surface area (Å²) < 4.78 is 2.22. The molecule has 3 aromatic rings. The minimum atomic E-state index is 0.206. The van der Waals surface area contributed by atoms with Crippen LogP contribution in [0.25, 0.3) is 11.0 Å². The van der Waals surface area contributed by atoms with Gasteiger partial charge in [-0.1, -0.05) is 42.5 Å². The molecule has 0 amide bonds. The van der Waals surface area contributed by atoms with Crippen molar-refractivity contribution < 1.29 is 5.11 Å². The molecule has 3 nitrogen and oxygen atoms in total. The number of hydrogen-bond donors (Lipinski definition) is 1. The highest BCUT2D eigenvalue weighted by Gasteiger charge is 2.10.